The van der Waals surface area contributed by atoms with Gasteiger partial charge in [-0.15, -0.1) is 11.8 Å². The highest BCUT2D eigenvalue weighted by Crippen LogP contribution is 2.45. The van der Waals surface area contributed by atoms with Crippen molar-refractivity contribution in [3.05, 3.63) is 77.1 Å². The molecule has 0 radical (unpaired) electrons. The van der Waals surface area contributed by atoms with Crippen LogP contribution in [0, 0.1) is 0 Å². The number of rotatable bonds is 10. The predicted octanol–water partition coefficient (Wildman–Crippen LogP) is 8.02. The van der Waals surface area contributed by atoms with Gasteiger partial charge in [0, 0.05) is 16.3 Å². The van der Waals surface area contributed by atoms with Gasteiger partial charge in [-0.25, -0.2) is 0 Å². The molecule has 1 nitrogen and oxygen atoms in total. The average molecular weight is 443 g/mol. The number of hydrogen-bond donors (Lipinski definition) is 0. The Morgan fingerprint density at radius 1 is 1.38 bits per heavy atom. The Morgan fingerprint density at radius 3 is 2.79 bits per heavy atom. The standard InChI is InChI=1S/C23H26ClF3OS/c1-4-6-7-10-17-12-20-19(21(13-17)23(25,26)27)14-18(15-22(20)24)29-11-8-9-16(3)28-5-2/h4,6-7,13-15,21H,1,3,5,8-12H2,2H3/b7-6-. The SMILES string of the molecule is C=C/C=C\CC1=CC(C(F)(F)F)c2cc(SCCCC(=C)OCC)cc(Cl)c2C1. The number of allylic oxidation sites excluding steroid dienone is 6. The van der Waals surface area contributed by atoms with Gasteiger partial charge in [0.15, 0.2) is 0 Å². The minimum Gasteiger partial charge on any atom is -0.499 e. The Kier molecular flexibility index (Phi) is 8.97. The summed E-state index contributed by atoms with van der Waals surface area (Å²) in [5.41, 5.74) is 1.56. The average Bonchev–Trinajstić information content (AvgIpc) is 2.65. The second-order valence-corrected chi connectivity index (χ2v) is 8.36. The van der Waals surface area contributed by atoms with Crippen LogP contribution in [0.25, 0.3) is 0 Å². The zero-order valence-electron chi connectivity index (χ0n) is 16.5. The lowest BCUT2D eigenvalue weighted by Gasteiger charge is -2.28. The molecule has 0 saturated carbocycles. The van der Waals surface area contributed by atoms with Gasteiger partial charge in [-0.05, 0) is 55.2 Å². The van der Waals surface area contributed by atoms with Crippen molar-refractivity contribution in [2.75, 3.05) is 12.4 Å². The third-order valence-corrected chi connectivity index (χ3v) is 5.97. The van der Waals surface area contributed by atoms with E-state index >= 15 is 0 Å². The smallest absolute Gasteiger partial charge is 0.399 e. The van der Waals surface area contributed by atoms with E-state index in [1.165, 1.54) is 17.8 Å². The molecule has 0 bridgehead atoms. The van der Waals surface area contributed by atoms with Gasteiger partial charge in [0.2, 0.25) is 0 Å². The topological polar surface area (TPSA) is 9.23 Å². The van der Waals surface area contributed by atoms with E-state index in [2.05, 4.69) is 13.2 Å². The summed E-state index contributed by atoms with van der Waals surface area (Å²) in [4.78, 5) is 0.758. The van der Waals surface area contributed by atoms with Crippen molar-refractivity contribution in [3.63, 3.8) is 0 Å². The minimum absolute atomic E-state index is 0.266. The summed E-state index contributed by atoms with van der Waals surface area (Å²) in [6.45, 7) is 9.91. The van der Waals surface area contributed by atoms with Gasteiger partial charge in [0.25, 0.3) is 0 Å². The van der Waals surface area contributed by atoms with E-state index in [-0.39, 0.29) is 5.56 Å². The number of halogens is 4. The molecule has 0 saturated heterocycles. The second kappa shape index (κ2) is 11.0. The maximum absolute atomic E-state index is 13.8. The lowest BCUT2D eigenvalue weighted by molar-refractivity contribution is -0.140. The maximum Gasteiger partial charge on any atom is 0.399 e. The van der Waals surface area contributed by atoms with E-state index in [4.69, 9.17) is 16.3 Å². The molecule has 6 heteroatoms. The van der Waals surface area contributed by atoms with Gasteiger partial charge in [0.05, 0.1) is 18.3 Å². The molecule has 1 aromatic rings. The number of hydrogen-bond acceptors (Lipinski definition) is 2. The fraction of sp³-hybridized carbons (Fsp3) is 0.391. The fourth-order valence-electron chi connectivity index (χ4n) is 3.25. The van der Waals surface area contributed by atoms with E-state index in [1.807, 2.05) is 13.0 Å². The van der Waals surface area contributed by atoms with Crippen molar-refractivity contribution < 1.29 is 17.9 Å². The van der Waals surface area contributed by atoms with Crippen LogP contribution >= 0.6 is 23.4 Å². The van der Waals surface area contributed by atoms with Gasteiger partial charge in [-0.2, -0.15) is 13.2 Å². The first-order valence-electron chi connectivity index (χ1n) is 9.55. The van der Waals surface area contributed by atoms with Crippen LogP contribution in [0.15, 0.2) is 65.8 Å². The summed E-state index contributed by atoms with van der Waals surface area (Å²) < 4.78 is 46.6. The molecule has 0 amide bonds. The van der Waals surface area contributed by atoms with Crippen LogP contribution in [0.5, 0.6) is 0 Å². The van der Waals surface area contributed by atoms with Gasteiger partial charge in [-0.3, -0.25) is 0 Å². The van der Waals surface area contributed by atoms with Gasteiger partial charge in [-0.1, -0.05) is 54.6 Å². The number of fused-ring (bicyclic) bond motifs is 1. The first-order valence-corrected chi connectivity index (χ1v) is 10.9. The fourth-order valence-corrected chi connectivity index (χ4v) is 4.55. The highest BCUT2D eigenvalue weighted by atomic mass is 35.5. The Morgan fingerprint density at radius 2 is 2.14 bits per heavy atom. The molecule has 1 aromatic carbocycles. The zero-order chi connectivity index (χ0) is 21.4. The van der Waals surface area contributed by atoms with Crippen LogP contribution in [-0.2, 0) is 11.2 Å². The highest BCUT2D eigenvalue weighted by molar-refractivity contribution is 7.99. The van der Waals surface area contributed by atoms with Crippen molar-refractivity contribution in [1.82, 2.24) is 0 Å². The van der Waals surface area contributed by atoms with Gasteiger partial charge >= 0.3 is 6.18 Å². The third kappa shape index (κ3) is 7.00. The molecule has 0 fully saturated rings. The van der Waals surface area contributed by atoms with Crippen LogP contribution < -0.4 is 0 Å². The molecule has 158 valence electrons. The van der Waals surface area contributed by atoms with Crippen LogP contribution in [0.2, 0.25) is 5.02 Å². The molecule has 1 atom stereocenters. The number of alkyl halides is 3. The van der Waals surface area contributed by atoms with Crippen LogP contribution in [-0.4, -0.2) is 18.5 Å². The van der Waals surface area contributed by atoms with Crippen molar-refractivity contribution in [2.45, 2.75) is 49.6 Å². The Hall–Kier alpha value is -1.59. The third-order valence-electron chi connectivity index (χ3n) is 4.57. The molecule has 29 heavy (non-hydrogen) atoms. The maximum atomic E-state index is 13.8. The van der Waals surface area contributed by atoms with E-state index < -0.39 is 12.1 Å². The quantitative estimate of drug-likeness (QED) is 0.119. The molecule has 0 heterocycles. The Bertz CT molecular complexity index is 796. The van der Waals surface area contributed by atoms with Crippen LogP contribution in [0.4, 0.5) is 13.2 Å². The van der Waals surface area contributed by atoms with E-state index in [1.54, 1.807) is 24.3 Å². The number of thioether (sulfide) groups is 1. The first kappa shape index (κ1) is 23.7. The van der Waals surface area contributed by atoms with Crippen LogP contribution in [0.1, 0.15) is 43.2 Å². The van der Waals surface area contributed by atoms with Crippen LogP contribution in [0.3, 0.4) is 0 Å². The lowest BCUT2D eigenvalue weighted by atomic mass is 9.82. The second-order valence-electron chi connectivity index (χ2n) is 6.79. The summed E-state index contributed by atoms with van der Waals surface area (Å²) >= 11 is 7.92. The Labute approximate surface area is 180 Å². The number of benzene rings is 1. The van der Waals surface area contributed by atoms with Crippen molar-refractivity contribution in [3.8, 4) is 0 Å². The van der Waals surface area contributed by atoms with E-state index in [9.17, 15) is 13.2 Å². The molecule has 1 unspecified atom stereocenters. The summed E-state index contributed by atoms with van der Waals surface area (Å²) in [7, 11) is 0. The molecule has 1 aliphatic rings. The summed E-state index contributed by atoms with van der Waals surface area (Å²) in [6, 6.07) is 3.42. The molecular formula is C23H26ClF3OS. The largest absolute Gasteiger partial charge is 0.499 e. The summed E-state index contributed by atoms with van der Waals surface area (Å²) in [5, 5.41) is 0.399. The summed E-state index contributed by atoms with van der Waals surface area (Å²) in [5.74, 6) is -0.142. The van der Waals surface area contributed by atoms with Gasteiger partial charge in [0.1, 0.15) is 0 Å². The molecular weight excluding hydrogens is 417 g/mol. The van der Waals surface area contributed by atoms with Crippen molar-refractivity contribution in [2.24, 2.45) is 0 Å². The zero-order valence-corrected chi connectivity index (χ0v) is 18.1. The van der Waals surface area contributed by atoms with Crippen molar-refractivity contribution >= 4 is 23.4 Å². The molecule has 1 aliphatic carbocycles. The minimum atomic E-state index is -4.36. The normalized spacial score (nSPS) is 16.4. The molecule has 0 aromatic heterocycles. The monoisotopic (exact) mass is 442 g/mol. The highest BCUT2D eigenvalue weighted by Gasteiger charge is 2.42. The first-order chi connectivity index (χ1) is 13.8. The van der Waals surface area contributed by atoms with E-state index in [0.717, 1.165) is 34.8 Å². The lowest BCUT2D eigenvalue weighted by Crippen LogP contribution is -2.24. The molecule has 2 rings (SSSR count). The summed E-state index contributed by atoms with van der Waals surface area (Å²) in [6.07, 6.45) is 4.59. The van der Waals surface area contributed by atoms with Crippen molar-refractivity contribution in [1.29, 1.82) is 0 Å². The van der Waals surface area contributed by atoms with Gasteiger partial charge < -0.3 is 4.74 Å². The predicted molar refractivity (Wildman–Crippen MR) is 117 cm³/mol. The molecule has 0 aliphatic heterocycles. The Balaban J connectivity index is 2.18. The molecule has 0 N–H and O–H groups in total. The molecule has 0 spiro atoms. The number of ether oxygens (including phenoxy) is 1. The van der Waals surface area contributed by atoms with E-state index in [0.29, 0.717) is 30.0 Å².